The summed E-state index contributed by atoms with van der Waals surface area (Å²) in [5.41, 5.74) is 2.42. The molecule has 1 aliphatic carbocycles. The topological polar surface area (TPSA) is 63.1 Å². The molecule has 1 saturated heterocycles. The van der Waals surface area contributed by atoms with Gasteiger partial charge in [0.2, 0.25) is 0 Å². The zero-order valence-corrected chi connectivity index (χ0v) is 14.7. The molecule has 1 saturated carbocycles. The fraction of sp³-hybridized carbons (Fsp3) is 0.526. The number of amides is 1. The number of para-hydroxylation sites is 1. The molecular weight excluding hydrogens is 314 g/mol. The molecule has 1 aromatic heterocycles. The van der Waals surface area contributed by atoms with Gasteiger partial charge in [0.05, 0.1) is 11.4 Å². The van der Waals surface area contributed by atoms with Crippen molar-refractivity contribution < 1.29 is 4.79 Å². The number of hydrogen-bond acceptors (Lipinski definition) is 4. The van der Waals surface area contributed by atoms with Crippen LogP contribution in [0, 0.1) is 0 Å². The van der Waals surface area contributed by atoms with Gasteiger partial charge >= 0.3 is 0 Å². The van der Waals surface area contributed by atoms with Crippen molar-refractivity contribution >= 4 is 5.91 Å². The van der Waals surface area contributed by atoms with Crippen LogP contribution >= 0.6 is 0 Å². The van der Waals surface area contributed by atoms with Gasteiger partial charge in [0.25, 0.3) is 5.91 Å². The fourth-order valence-corrected chi connectivity index (χ4v) is 3.77. The van der Waals surface area contributed by atoms with Gasteiger partial charge in [-0.05, 0) is 50.9 Å². The van der Waals surface area contributed by atoms with Gasteiger partial charge in [-0.1, -0.05) is 30.3 Å². The Hall–Kier alpha value is -2.21. The van der Waals surface area contributed by atoms with Crippen LogP contribution in [0.2, 0.25) is 0 Å². The molecule has 0 bridgehead atoms. The average Bonchev–Trinajstić information content (AvgIpc) is 3.22. The minimum atomic E-state index is -0.0907. The van der Waals surface area contributed by atoms with Crippen LogP contribution in [0.25, 0.3) is 5.69 Å². The molecule has 4 rings (SSSR count). The van der Waals surface area contributed by atoms with Crippen molar-refractivity contribution in [3.8, 4) is 5.69 Å². The minimum Gasteiger partial charge on any atom is -0.349 e. The predicted octanol–water partition coefficient (Wildman–Crippen LogP) is 2.36. The molecule has 0 radical (unpaired) electrons. The number of nitrogens with one attached hydrogen (secondary N) is 1. The van der Waals surface area contributed by atoms with Crippen molar-refractivity contribution in [2.24, 2.45) is 0 Å². The van der Waals surface area contributed by atoms with Crippen LogP contribution < -0.4 is 5.32 Å². The Morgan fingerprint density at radius 1 is 1.24 bits per heavy atom. The van der Waals surface area contributed by atoms with E-state index in [-0.39, 0.29) is 5.91 Å². The number of rotatable bonds is 6. The Bertz CT molecular complexity index is 738. The number of likely N-dealkylation sites (tertiary alicyclic amines) is 1. The van der Waals surface area contributed by atoms with Crippen LogP contribution in [0.15, 0.2) is 30.3 Å². The molecule has 2 fully saturated rings. The van der Waals surface area contributed by atoms with Gasteiger partial charge in [0.1, 0.15) is 0 Å². The fourth-order valence-electron chi connectivity index (χ4n) is 3.77. The Balaban J connectivity index is 1.52. The average molecular weight is 339 g/mol. The van der Waals surface area contributed by atoms with Crippen LogP contribution in [0.4, 0.5) is 0 Å². The lowest BCUT2D eigenvalue weighted by Gasteiger charge is -2.22. The lowest BCUT2D eigenvalue weighted by Crippen LogP contribution is -2.40. The Kier molecular flexibility index (Phi) is 4.53. The van der Waals surface area contributed by atoms with Crippen molar-refractivity contribution in [1.82, 2.24) is 25.2 Å². The van der Waals surface area contributed by atoms with E-state index in [1.807, 2.05) is 35.0 Å². The summed E-state index contributed by atoms with van der Waals surface area (Å²) in [6.07, 6.45) is 4.58. The van der Waals surface area contributed by atoms with Crippen molar-refractivity contribution in [2.75, 3.05) is 19.6 Å². The maximum atomic E-state index is 12.7. The molecule has 1 amide bonds. The molecule has 1 aliphatic heterocycles. The number of hydrogen-bond donors (Lipinski definition) is 1. The maximum Gasteiger partial charge on any atom is 0.273 e. The standard InChI is InChI=1S/C19H25N5O/c1-2-23-12-6-9-16(23)13-20-19(25)17-18(14-10-11-14)24(22-21-17)15-7-4-3-5-8-15/h3-5,7-8,14,16H,2,6,9-13H2,1H3,(H,20,25). The van der Waals surface area contributed by atoms with E-state index >= 15 is 0 Å². The predicted molar refractivity (Wildman–Crippen MR) is 95.9 cm³/mol. The van der Waals surface area contributed by atoms with E-state index in [1.54, 1.807) is 0 Å². The Morgan fingerprint density at radius 3 is 2.76 bits per heavy atom. The molecule has 1 atom stereocenters. The summed E-state index contributed by atoms with van der Waals surface area (Å²) in [5.74, 6) is 0.307. The smallest absolute Gasteiger partial charge is 0.273 e. The zero-order valence-electron chi connectivity index (χ0n) is 14.7. The molecule has 0 spiro atoms. The van der Waals surface area contributed by atoms with Gasteiger partial charge in [-0.3, -0.25) is 9.69 Å². The van der Waals surface area contributed by atoms with E-state index in [0.717, 1.165) is 43.7 Å². The Labute approximate surface area is 148 Å². The van der Waals surface area contributed by atoms with E-state index in [0.29, 0.717) is 24.2 Å². The van der Waals surface area contributed by atoms with Crippen LogP contribution in [0.1, 0.15) is 54.7 Å². The summed E-state index contributed by atoms with van der Waals surface area (Å²) in [6.45, 7) is 5.04. The molecule has 25 heavy (non-hydrogen) atoms. The molecule has 2 heterocycles. The van der Waals surface area contributed by atoms with Crippen molar-refractivity contribution in [2.45, 2.75) is 44.6 Å². The third kappa shape index (κ3) is 3.31. The van der Waals surface area contributed by atoms with Gasteiger partial charge in [0.15, 0.2) is 5.69 Å². The van der Waals surface area contributed by atoms with Crippen LogP contribution in [-0.2, 0) is 0 Å². The molecule has 132 valence electrons. The van der Waals surface area contributed by atoms with Crippen molar-refractivity contribution in [1.29, 1.82) is 0 Å². The first-order valence-electron chi connectivity index (χ1n) is 9.31. The van der Waals surface area contributed by atoms with Crippen LogP contribution in [-0.4, -0.2) is 51.5 Å². The molecule has 6 nitrogen and oxygen atoms in total. The largest absolute Gasteiger partial charge is 0.349 e. The van der Waals surface area contributed by atoms with E-state index < -0.39 is 0 Å². The number of aromatic nitrogens is 3. The number of carbonyl (C=O) groups excluding carboxylic acids is 1. The first-order valence-corrected chi connectivity index (χ1v) is 9.31. The zero-order chi connectivity index (χ0) is 17.2. The number of nitrogens with zero attached hydrogens (tertiary/aromatic N) is 4. The SMILES string of the molecule is CCN1CCCC1CNC(=O)c1nnn(-c2ccccc2)c1C1CC1. The monoisotopic (exact) mass is 339 g/mol. The van der Waals surface area contributed by atoms with Gasteiger partial charge in [-0.25, -0.2) is 4.68 Å². The van der Waals surface area contributed by atoms with E-state index in [2.05, 4.69) is 27.5 Å². The Morgan fingerprint density at radius 2 is 2.04 bits per heavy atom. The lowest BCUT2D eigenvalue weighted by atomic mass is 10.2. The summed E-state index contributed by atoms with van der Waals surface area (Å²) in [7, 11) is 0. The third-order valence-corrected chi connectivity index (χ3v) is 5.29. The first-order chi connectivity index (χ1) is 12.3. The quantitative estimate of drug-likeness (QED) is 0.877. The second kappa shape index (κ2) is 6.96. The first kappa shape index (κ1) is 16.3. The molecule has 1 aromatic carbocycles. The highest BCUT2D eigenvalue weighted by Gasteiger charge is 2.34. The molecule has 1 unspecified atom stereocenters. The second-order valence-electron chi connectivity index (χ2n) is 6.98. The summed E-state index contributed by atoms with van der Waals surface area (Å²) in [6, 6.07) is 10.4. The molecule has 1 N–H and O–H groups in total. The number of benzene rings is 1. The third-order valence-electron chi connectivity index (χ3n) is 5.29. The molecule has 6 heteroatoms. The number of carbonyl (C=O) groups is 1. The highest BCUT2D eigenvalue weighted by atomic mass is 16.2. The number of likely N-dealkylation sites (N-methyl/N-ethyl adjacent to an activating group) is 1. The van der Waals surface area contributed by atoms with Gasteiger partial charge in [0, 0.05) is 18.5 Å². The lowest BCUT2D eigenvalue weighted by molar-refractivity contribution is 0.0935. The van der Waals surface area contributed by atoms with Gasteiger partial charge in [-0.2, -0.15) is 0 Å². The van der Waals surface area contributed by atoms with Gasteiger partial charge < -0.3 is 5.32 Å². The van der Waals surface area contributed by atoms with Crippen molar-refractivity contribution in [3.63, 3.8) is 0 Å². The second-order valence-corrected chi connectivity index (χ2v) is 6.98. The van der Waals surface area contributed by atoms with E-state index in [1.165, 1.54) is 6.42 Å². The molecule has 2 aliphatic rings. The maximum absolute atomic E-state index is 12.7. The summed E-state index contributed by atoms with van der Waals surface area (Å²) in [4.78, 5) is 15.2. The highest BCUT2D eigenvalue weighted by molar-refractivity contribution is 5.93. The minimum absolute atomic E-state index is 0.0907. The molecule has 2 aromatic rings. The molecular formula is C19H25N5O. The normalized spacial score (nSPS) is 20.8. The summed E-state index contributed by atoms with van der Waals surface area (Å²) in [5, 5.41) is 11.6. The van der Waals surface area contributed by atoms with Crippen LogP contribution in [0.3, 0.4) is 0 Å². The highest BCUT2D eigenvalue weighted by Crippen LogP contribution is 2.41. The van der Waals surface area contributed by atoms with Crippen LogP contribution in [0.5, 0.6) is 0 Å². The van der Waals surface area contributed by atoms with E-state index in [4.69, 9.17) is 0 Å². The van der Waals surface area contributed by atoms with Crippen molar-refractivity contribution in [3.05, 3.63) is 41.7 Å². The summed E-state index contributed by atoms with van der Waals surface area (Å²) < 4.78 is 1.83. The summed E-state index contributed by atoms with van der Waals surface area (Å²) >= 11 is 0. The van der Waals surface area contributed by atoms with E-state index in [9.17, 15) is 4.79 Å². The van der Waals surface area contributed by atoms with Gasteiger partial charge in [-0.15, -0.1) is 5.10 Å².